The number of aryl methyl sites for hydroxylation is 2. The van der Waals surface area contributed by atoms with Gasteiger partial charge in [0.25, 0.3) is 11.8 Å². The van der Waals surface area contributed by atoms with E-state index < -0.39 is 11.8 Å². The molecule has 0 bridgehead atoms. The molecule has 0 atom stereocenters. The summed E-state index contributed by atoms with van der Waals surface area (Å²) in [6.45, 7) is 3.93. The molecule has 31 heavy (non-hydrogen) atoms. The smallest absolute Gasteiger partial charge is 0.283 e. The number of amides is 2. The number of halogens is 2. The topological polar surface area (TPSA) is 49.4 Å². The zero-order valence-corrected chi connectivity index (χ0v) is 19.1. The average molecular weight is 469 g/mol. The number of carbonyl (C=O) groups excluding carboxylic acids is 2. The third kappa shape index (κ3) is 4.35. The zero-order valence-electron chi connectivity index (χ0n) is 16.8. The van der Waals surface area contributed by atoms with Crippen LogP contribution in [0.4, 0.5) is 11.4 Å². The predicted molar refractivity (Wildman–Crippen MR) is 128 cm³/mol. The van der Waals surface area contributed by atoms with Crippen molar-refractivity contribution in [1.29, 1.82) is 0 Å². The Morgan fingerprint density at radius 3 is 2.23 bits per heavy atom. The van der Waals surface area contributed by atoms with Crippen molar-refractivity contribution >= 4 is 58.2 Å². The molecule has 156 valence electrons. The fourth-order valence-electron chi connectivity index (χ4n) is 3.15. The van der Waals surface area contributed by atoms with E-state index in [0.717, 1.165) is 26.6 Å². The summed E-state index contributed by atoms with van der Waals surface area (Å²) >= 11 is 13.4. The summed E-state index contributed by atoms with van der Waals surface area (Å²) in [6, 6.07) is 20.1. The third-order valence-electron chi connectivity index (χ3n) is 4.85. The van der Waals surface area contributed by atoms with Gasteiger partial charge in [-0.15, -0.1) is 0 Å². The summed E-state index contributed by atoms with van der Waals surface area (Å²) in [5.74, 6) is -0.855. The number of nitrogens with zero attached hydrogens (tertiary/aromatic N) is 1. The number of hydrogen-bond donors (Lipinski definition) is 1. The van der Waals surface area contributed by atoms with Crippen LogP contribution in [0, 0.1) is 13.8 Å². The maximum Gasteiger partial charge on any atom is 0.283 e. The second kappa shape index (κ2) is 8.79. The van der Waals surface area contributed by atoms with Crippen molar-refractivity contribution in [1.82, 2.24) is 0 Å². The van der Waals surface area contributed by atoms with E-state index in [2.05, 4.69) is 5.32 Å². The van der Waals surface area contributed by atoms with Crippen molar-refractivity contribution < 1.29 is 9.59 Å². The van der Waals surface area contributed by atoms with Crippen LogP contribution >= 0.6 is 35.0 Å². The van der Waals surface area contributed by atoms with E-state index in [0.29, 0.717) is 15.6 Å². The summed E-state index contributed by atoms with van der Waals surface area (Å²) in [7, 11) is 0. The number of benzene rings is 3. The lowest BCUT2D eigenvalue weighted by Gasteiger charge is -2.16. The maximum atomic E-state index is 13.4. The molecule has 3 aromatic carbocycles. The monoisotopic (exact) mass is 468 g/mol. The molecule has 0 aromatic heterocycles. The van der Waals surface area contributed by atoms with Gasteiger partial charge >= 0.3 is 0 Å². The highest BCUT2D eigenvalue weighted by Crippen LogP contribution is 2.39. The molecule has 0 saturated heterocycles. The summed E-state index contributed by atoms with van der Waals surface area (Å²) in [5, 5.41) is 3.81. The lowest BCUT2D eigenvalue weighted by molar-refractivity contribution is -0.120. The second-order valence-electron chi connectivity index (χ2n) is 7.10. The minimum Gasteiger partial charge on any atom is -0.350 e. The Bertz CT molecular complexity index is 1220. The van der Waals surface area contributed by atoms with E-state index in [4.69, 9.17) is 23.2 Å². The molecule has 2 amide bonds. The first-order chi connectivity index (χ1) is 14.8. The van der Waals surface area contributed by atoms with E-state index in [1.165, 1.54) is 17.8 Å². The van der Waals surface area contributed by atoms with E-state index in [9.17, 15) is 9.59 Å². The fourth-order valence-corrected chi connectivity index (χ4v) is 4.36. The highest BCUT2D eigenvalue weighted by molar-refractivity contribution is 8.04. The van der Waals surface area contributed by atoms with E-state index in [1.54, 1.807) is 12.1 Å². The molecule has 0 unspecified atom stereocenters. The molecule has 0 saturated carbocycles. The lowest BCUT2D eigenvalue weighted by Crippen LogP contribution is -2.32. The van der Waals surface area contributed by atoms with Crippen molar-refractivity contribution in [3.8, 4) is 0 Å². The molecule has 1 aliphatic rings. The minimum absolute atomic E-state index is 0.232. The van der Waals surface area contributed by atoms with Crippen molar-refractivity contribution in [2.75, 3.05) is 10.2 Å². The van der Waals surface area contributed by atoms with Crippen LogP contribution in [-0.4, -0.2) is 11.8 Å². The molecule has 4 rings (SSSR count). The number of anilines is 2. The number of imide groups is 1. The van der Waals surface area contributed by atoms with Crippen molar-refractivity contribution in [3.05, 3.63) is 98.5 Å². The molecule has 1 heterocycles. The molecular formula is C24H18Cl2N2O2S. The quantitative estimate of drug-likeness (QED) is 0.428. The SMILES string of the molecule is Cc1ccc(SC2=C(Nc3ccccc3C)C(=O)N(c3ccc(Cl)c(Cl)c3)C2=O)cc1. The van der Waals surface area contributed by atoms with Gasteiger partial charge in [0.15, 0.2) is 0 Å². The van der Waals surface area contributed by atoms with Gasteiger partial charge in [0.2, 0.25) is 0 Å². The molecule has 3 aromatic rings. The maximum absolute atomic E-state index is 13.4. The van der Waals surface area contributed by atoms with Crippen LogP contribution in [0.5, 0.6) is 0 Å². The van der Waals surface area contributed by atoms with E-state index in [1.807, 2.05) is 62.4 Å². The Kier molecular flexibility index (Phi) is 6.10. The van der Waals surface area contributed by atoms with Crippen molar-refractivity contribution in [3.63, 3.8) is 0 Å². The lowest BCUT2D eigenvalue weighted by atomic mass is 10.2. The molecular weight excluding hydrogens is 451 g/mol. The Balaban J connectivity index is 1.77. The first kappa shape index (κ1) is 21.5. The van der Waals surface area contributed by atoms with Gasteiger partial charge in [0.1, 0.15) is 10.6 Å². The highest BCUT2D eigenvalue weighted by Gasteiger charge is 2.40. The molecule has 7 heteroatoms. The summed E-state index contributed by atoms with van der Waals surface area (Å²) in [5.41, 5.74) is 3.44. The first-order valence-corrected chi connectivity index (χ1v) is 11.1. The molecule has 0 fully saturated rings. The van der Waals surface area contributed by atoms with Crippen LogP contribution in [0.25, 0.3) is 0 Å². The van der Waals surface area contributed by atoms with Gasteiger partial charge in [0.05, 0.1) is 15.7 Å². The number of para-hydroxylation sites is 1. The molecule has 1 aliphatic heterocycles. The third-order valence-corrected chi connectivity index (χ3v) is 6.68. The number of carbonyl (C=O) groups is 2. The first-order valence-electron chi connectivity index (χ1n) is 9.50. The van der Waals surface area contributed by atoms with Crippen LogP contribution in [0.2, 0.25) is 10.0 Å². The van der Waals surface area contributed by atoms with Crippen LogP contribution in [0.3, 0.4) is 0 Å². The normalized spacial score (nSPS) is 13.9. The number of nitrogens with one attached hydrogen (secondary N) is 1. The summed E-state index contributed by atoms with van der Waals surface area (Å²) in [4.78, 5) is 29.1. The van der Waals surface area contributed by atoms with Crippen molar-refractivity contribution in [2.45, 2.75) is 18.7 Å². The van der Waals surface area contributed by atoms with E-state index >= 15 is 0 Å². The molecule has 4 nitrogen and oxygen atoms in total. The zero-order chi connectivity index (χ0) is 22.1. The summed E-state index contributed by atoms with van der Waals surface area (Å²) in [6.07, 6.45) is 0. The minimum atomic E-state index is -0.443. The molecule has 0 aliphatic carbocycles. The predicted octanol–water partition coefficient (Wildman–Crippen LogP) is 6.60. The van der Waals surface area contributed by atoms with Crippen molar-refractivity contribution in [2.24, 2.45) is 0 Å². The van der Waals surface area contributed by atoms with Gasteiger partial charge < -0.3 is 5.32 Å². The fraction of sp³-hybridized carbons (Fsp3) is 0.0833. The van der Waals surface area contributed by atoms with Gasteiger partial charge in [-0.3, -0.25) is 9.59 Å². The van der Waals surface area contributed by atoms with Gasteiger partial charge in [-0.25, -0.2) is 4.90 Å². The Morgan fingerprint density at radius 1 is 0.839 bits per heavy atom. The summed E-state index contributed by atoms with van der Waals surface area (Å²) < 4.78 is 0. The average Bonchev–Trinajstić information content (AvgIpc) is 2.97. The van der Waals surface area contributed by atoms with Gasteiger partial charge in [0, 0.05) is 10.6 Å². The largest absolute Gasteiger partial charge is 0.350 e. The Labute approximate surface area is 194 Å². The second-order valence-corrected chi connectivity index (χ2v) is 9.00. The van der Waals surface area contributed by atoms with Gasteiger partial charge in [-0.1, -0.05) is 70.9 Å². The van der Waals surface area contributed by atoms with Gasteiger partial charge in [-0.2, -0.15) is 0 Å². The van der Waals surface area contributed by atoms with Crippen LogP contribution in [-0.2, 0) is 9.59 Å². The Morgan fingerprint density at radius 2 is 1.55 bits per heavy atom. The standard InChI is InChI=1S/C24H18Cl2N2O2S/c1-14-7-10-17(11-8-14)31-22-21(27-20-6-4-3-5-15(20)2)23(29)28(24(22)30)16-9-12-18(25)19(26)13-16/h3-13,27H,1-2H3. The van der Waals surface area contributed by atoms with E-state index in [-0.39, 0.29) is 10.7 Å². The number of hydrogen-bond acceptors (Lipinski definition) is 4. The molecule has 0 radical (unpaired) electrons. The number of rotatable bonds is 5. The number of thioether (sulfide) groups is 1. The van der Waals surface area contributed by atoms with Gasteiger partial charge in [-0.05, 0) is 55.8 Å². The molecule has 1 N–H and O–H groups in total. The van der Waals surface area contributed by atoms with Crippen LogP contribution < -0.4 is 10.2 Å². The Hall–Kier alpha value is -2.73. The van der Waals surface area contributed by atoms with Crippen LogP contribution in [0.15, 0.2) is 82.2 Å². The van der Waals surface area contributed by atoms with Crippen LogP contribution in [0.1, 0.15) is 11.1 Å². The molecule has 0 spiro atoms. The highest BCUT2D eigenvalue weighted by atomic mass is 35.5.